The molecule has 2 rings (SSSR count). The van der Waals surface area contributed by atoms with E-state index >= 15 is 0 Å². The summed E-state index contributed by atoms with van der Waals surface area (Å²) in [6.45, 7) is 1.70. The van der Waals surface area contributed by atoms with Crippen molar-refractivity contribution in [3.63, 3.8) is 0 Å². The van der Waals surface area contributed by atoms with E-state index < -0.39 is 0 Å². The second kappa shape index (κ2) is 7.47. The van der Waals surface area contributed by atoms with Crippen LogP contribution in [-0.4, -0.2) is 26.2 Å². The van der Waals surface area contributed by atoms with Gasteiger partial charge in [-0.1, -0.05) is 6.07 Å². The van der Waals surface area contributed by atoms with Crippen LogP contribution in [0.25, 0.3) is 0 Å². The predicted octanol–water partition coefficient (Wildman–Crippen LogP) is 3.10. The fourth-order valence-electron chi connectivity index (χ4n) is 2.07. The maximum Gasteiger partial charge on any atom is 0.281 e. The van der Waals surface area contributed by atoms with Gasteiger partial charge in [0.1, 0.15) is 15.9 Å². The van der Waals surface area contributed by atoms with Crippen LogP contribution in [0.1, 0.15) is 26.4 Å². The van der Waals surface area contributed by atoms with Crippen LogP contribution in [0.4, 0.5) is 10.7 Å². The van der Waals surface area contributed by atoms with Gasteiger partial charge in [0.2, 0.25) is 0 Å². The third-order valence-corrected chi connectivity index (χ3v) is 5.08. The average molecular weight is 406 g/mol. The summed E-state index contributed by atoms with van der Waals surface area (Å²) in [7, 11) is 3.91. The minimum absolute atomic E-state index is 0.340. The molecule has 0 saturated heterocycles. The van der Waals surface area contributed by atoms with Gasteiger partial charge in [0, 0.05) is 18.6 Å². The molecule has 1 heterocycles. The summed E-state index contributed by atoms with van der Waals surface area (Å²) in [4.78, 5) is 14.5. The summed E-state index contributed by atoms with van der Waals surface area (Å²) in [6.07, 6.45) is 1.56. The number of nitrogens with one attached hydrogen (secondary N) is 1. The number of nitrogens with two attached hydrogens (primary N) is 1. The van der Waals surface area contributed by atoms with Crippen LogP contribution in [0.2, 0.25) is 0 Å². The molecule has 0 aliphatic rings. The fourth-order valence-corrected chi connectivity index (χ4v) is 3.74. The van der Waals surface area contributed by atoms with E-state index in [1.807, 2.05) is 43.3 Å². The van der Waals surface area contributed by atoms with Crippen molar-refractivity contribution in [2.75, 3.05) is 24.7 Å². The molecular weight excluding hydrogens is 390 g/mol. The number of nitrogen functional groups attached to an aromatic ring is 1. The monoisotopic (exact) mass is 405 g/mol. The Morgan fingerprint density at radius 3 is 2.75 bits per heavy atom. The van der Waals surface area contributed by atoms with Crippen LogP contribution < -0.4 is 16.1 Å². The van der Waals surface area contributed by atoms with E-state index in [-0.39, 0.29) is 5.91 Å². The molecule has 1 aromatic heterocycles. The summed E-state index contributed by atoms with van der Waals surface area (Å²) < 4.78 is 0.934. The van der Waals surface area contributed by atoms with Gasteiger partial charge in [0.05, 0.1) is 17.5 Å². The number of hydrazone groups is 1. The summed E-state index contributed by atoms with van der Waals surface area (Å²) in [5.74, 6) is -0.383. The number of hydrogen-bond acceptors (Lipinski definition) is 6. The molecule has 0 aliphatic carbocycles. The Labute approximate surface area is 152 Å². The highest BCUT2D eigenvalue weighted by molar-refractivity contribution is 9.10. The molecule has 0 saturated carbocycles. The van der Waals surface area contributed by atoms with Gasteiger partial charge in [0.15, 0.2) is 0 Å². The van der Waals surface area contributed by atoms with Gasteiger partial charge in [-0.05, 0) is 46.1 Å². The van der Waals surface area contributed by atoms with E-state index in [0.717, 1.165) is 27.1 Å². The van der Waals surface area contributed by atoms with E-state index in [2.05, 4.69) is 26.5 Å². The lowest BCUT2D eigenvalue weighted by molar-refractivity contribution is 0.0958. The molecule has 8 heteroatoms. The lowest BCUT2D eigenvalue weighted by Crippen LogP contribution is -2.17. The Morgan fingerprint density at radius 1 is 1.50 bits per heavy atom. The van der Waals surface area contributed by atoms with Crippen LogP contribution >= 0.6 is 27.3 Å². The van der Waals surface area contributed by atoms with Crippen molar-refractivity contribution >= 4 is 50.1 Å². The van der Waals surface area contributed by atoms with Crippen LogP contribution in [-0.2, 0) is 0 Å². The van der Waals surface area contributed by atoms with Crippen molar-refractivity contribution in [1.82, 2.24) is 5.43 Å². The standard InChI is InChI=1S/C16H16BrN5OS/c1-9-11(7-18)15(19)24-14(9)16(23)21-20-8-10-4-5-13(22(2)3)12(17)6-10/h4-6,8H,19H2,1-3H3,(H,21,23). The number of carbonyl (C=O) groups is 1. The van der Waals surface area contributed by atoms with E-state index in [0.29, 0.717) is 21.0 Å². The maximum absolute atomic E-state index is 12.2. The summed E-state index contributed by atoms with van der Waals surface area (Å²) in [5.41, 5.74) is 11.0. The summed E-state index contributed by atoms with van der Waals surface area (Å²) in [6, 6.07) is 7.76. The van der Waals surface area contributed by atoms with Crippen LogP contribution in [0, 0.1) is 18.3 Å². The number of anilines is 2. The fraction of sp³-hybridized carbons (Fsp3) is 0.188. The predicted molar refractivity (Wildman–Crippen MR) is 102 cm³/mol. The number of hydrogen-bond donors (Lipinski definition) is 2. The number of carbonyl (C=O) groups excluding carboxylic acids is 1. The molecule has 1 amide bonds. The SMILES string of the molecule is Cc1c(C(=O)NN=Cc2ccc(N(C)C)c(Br)c2)sc(N)c1C#N. The smallest absolute Gasteiger partial charge is 0.281 e. The molecule has 0 fully saturated rings. The van der Waals surface area contributed by atoms with Crippen molar-refractivity contribution in [3.8, 4) is 6.07 Å². The number of nitrogens with zero attached hydrogens (tertiary/aromatic N) is 3. The quantitative estimate of drug-likeness (QED) is 0.603. The van der Waals surface area contributed by atoms with Crippen molar-refractivity contribution in [3.05, 3.63) is 44.2 Å². The number of halogens is 1. The first kappa shape index (κ1) is 18.0. The second-order valence-corrected chi connectivity index (χ2v) is 7.12. The lowest BCUT2D eigenvalue weighted by Gasteiger charge is -2.14. The van der Waals surface area contributed by atoms with Crippen molar-refractivity contribution in [2.24, 2.45) is 5.10 Å². The molecule has 6 nitrogen and oxygen atoms in total. The van der Waals surface area contributed by atoms with E-state index in [1.54, 1.807) is 13.1 Å². The van der Waals surface area contributed by atoms with E-state index in [1.165, 1.54) is 0 Å². The first-order valence-electron chi connectivity index (χ1n) is 6.94. The Balaban J connectivity index is 2.11. The molecule has 0 aliphatic heterocycles. The molecule has 0 spiro atoms. The van der Waals surface area contributed by atoms with Gasteiger partial charge in [-0.3, -0.25) is 4.79 Å². The van der Waals surface area contributed by atoms with E-state index in [9.17, 15) is 4.79 Å². The van der Waals surface area contributed by atoms with Gasteiger partial charge >= 0.3 is 0 Å². The second-order valence-electron chi connectivity index (χ2n) is 5.21. The molecular formula is C16H16BrN5OS. The molecule has 1 aromatic carbocycles. The van der Waals surface area contributed by atoms with Gasteiger partial charge in [0.25, 0.3) is 5.91 Å². The highest BCUT2D eigenvalue weighted by atomic mass is 79.9. The van der Waals surface area contributed by atoms with Crippen LogP contribution in [0.3, 0.4) is 0 Å². The topological polar surface area (TPSA) is 94.5 Å². The van der Waals surface area contributed by atoms with Gasteiger partial charge in [-0.2, -0.15) is 10.4 Å². The highest BCUT2D eigenvalue weighted by Crippen LogP contribution is 2.29. The van der Waals surface area contributed by atoms with Crippen molar-refractivity contribution in [1.29, 1.82) is 5.26 Å². The normalized spacial score (nSPS) is 10.6. The first-order valence-corrected chi connectivity index (χ1v) is 8.55. The zero-order valence-electron chi connectivity index (χ0n) is 13.4. The molecule has 124 valence electrons. The van der Waals surface area contributed by atoms with Gasteiger partial charge < -0.3 is 10.6 Å². The Morgan fingerprint density at radius 2 is 2.21 bits per heavy atom. The first-order chi connectivity index (χ1) is 11.3. The molecule has 24 heavy (non-hydrogen) atoms. The zero-order valence-corrected chi connectivity index (χ0v) is 15.8. The minimum atomic E-state index is -0.383. The van der Waals surface area contributed by atoms with Gasteiger partial charge in [-0.15, -0.1) is 11.3 Å². The number of nitriles is 1. The lowest BCUT2D eigenvalue weighted by atomic mass is 10.2. The number of amides is 1. The Kier molecular flexibility index (Phi) is 5.59. The molecule has 2 aromatic rings. The average Bonchev–Trinajstić information content (AvgIpc) is 2.81. The van der Waals surface area contributed by atoms with Crippen LogP contribution in [0.5, 0.6) is 0 Å². The molecule has 3 N–H and O–H groups in total. The summed E-state index contributed by atoms with van der Waals surface area (Å²) in [5, 5.41) is 13.3. The molecule has 0 radical (unpaired) electrons. The number of thiophene rings is 1. The summed E-state index contributed by atoms with van der Waals surface area (Å²) >= 11 is 4.58. The van der Waals surface area contributed by atoms with E-state index in [4.69, 9.17) is 11.0 Å². The molecule has 0 unspecified atom stereocenters. The Bertz CT molecular complexity index is 851. The minimum Gasteiger partial charge on any atom is -0.389 e. The van der Waals surface area contributed by atoms with Crippen molar-refractivity contribution in [2.45, 2.75) is 6.92 Å². The van der Waals surface area contributed by atoms with Crippen molar-refractivity contribution < 1.29 is 4.79 Å². The maximum atomic E-state index is 12.2. The highest BCUT2D eigenvalue weighted by Gasteiger charge is 2.18. The zero-order chi connectivity index (χ0) is 17.9. The van der Waals surface area contributed by atoms with Gasteiger partial charge in [-0.25, -0.2) is 5.43 Å². The molecule has 0 bridgehead atoms. The third-order valence-electron chi connectivity index (χ3n) is 3.33. The van der Waals surface area contributed by atoms with Crippen LogP contribution in [0.15, 0.2) is 27.8 Å². The Hall–Kier alpha value is -2.37. The third kappa shape index (κ3) is 3.75. The molecule has 0 atom stereocenters. The largest absolute Gasteiger partial charge is 0.389 e. The number of benzene rings is 1. The number of rotatable bonds is 4.